The summed E-state index contributed by atoms with van der Waals surface area (Å²) < 4.78 is 49.5. The summed E-state index contributed by atoms with van der Waals surface area (Å²) in [6.45, 7) is -0.290. The van der Waals surface area contributed by atoms with Crippen molar-refractivity contribution in [2.45, 2.75) is 63.3 Å². The third-order valence-corrected chi connectivity index (χ3v) is 6.71. The summed E-state index contributed by atoms with van der Waals surface area (Å²) in [5.41, 5.74) is -1.12. The first-order chi connectivity index (χ1) is 13.6. The molecule has 1 saturated carbocycles. The van der Waals surface area contributed by atoms with Crippen LogP contribution in [0.25, 0.3) is 0 Å². The molecule has 0 aromatic heterocycles. The van der Waals surface area contributed by atoms with Gasteiger partial charge in [-0.1, -0.05) is 12.8 Å². The quantitative estimate of drug-likeness (QED) is 0.289. The average Bonchev–Trinajstić information content (AvgIpc) is 2.69. The van der Waals surface area contributed by atoms with E-state index in [9.17, 15) is 27.4 Å². The van der Waals surface area contributed by atoms with E-state index in [4.69, 9.17) is 9.47 Å². The first-order valence-corrected chi connectivity index (χ1v) is 11.0. The number of ether oxygens (including phenoxy) is 3. The summed E-state index contributed by atoms with van der Waals surface area (Å²) in [6.07, 6.45) is 2.71. The number of esters is 3. The van der Waals surface area contributed by atoms with Gasteiger partial charge in [0.25, 0.3) is 0 Å². The molecule has 0 amide bonds. The van der Waals surface area contributed by atoms with E-state index in [1.165, 1.54) is 21.3 Å². The molecule has 1 rings (SSSR count). The van der Waals surface area contributed by atoms with Gasteiger partial charge in [-0.25, -0.2) is 0 Å². The fraction of sp³-hybridized carbons (Fsp3) is 0.833. The highest BCUT2D eigenvalue weighted by atomic mass is 32.2. The SMILES string of the molecule is COC(=O)CCC1CCCCC1(CCC(=O)OC)N(CCC(=O)OC)S(=O)(=O)O. The Balaban J connectivity index is 3.30. The fourth-order valence-corrected chi connectivity index (χ4v) is 5.28. The second-order valence-corrected chi connectivity index (χ2v) is 8.45. The van der Waals surface area contributed by atoms with Gasteiger partial charge < -0.3 is 14.2 Å². The van der Waals surface area contributed by atoms with Crippen molar-refractivity contribution in [1.29, 1.82) is 0 Å². The van der Waals surface area contributed by atoms with Crippen LogP contribution in [0.4, 0.5) is 0 Å². The van der Waals surface area contributed by atoms with Crippen LogP contribution in [-0.4, -0.2) is 68.6 Å². The van der Waals surface area contributed by atoms with E-state index in [1.807, 2.05) is 0 Å². The Bertz CT molecular complexity index is 679. The highest BCUT2D eigenvalue weighted by molar-refractivity contribution is 7.83. The molecule has 29 heavy (non-hydrogen) atoms. The second kappa shape index (κ2) is 11.5. The number of rotatable bonds is 11. The lowest BCUT2D eigenvalue weighted by atomic mass is 9.68. The lowest BCUT2D eigenvalue weighted by Gasteiger charge is -2.49. The molecule has 1 aliphatic rings. The molecule has 1 aliphatic carbocycles. The summed E-state index contributed by atoms with van der Waals surface area (Å²) in [5, 5.41) is 0. The van der Waals surface area contributed by atoms with Crippen molar-refractivity contribution < 1.29 is 41.6 Å². The van der Waals surface area contributed by atoms with Crippen LogP contribution >= 0.6 is 0 Å². The minimum Gasteiger partial charge on any atom is -0.469 e. The standard InChI is InChI=1S/C18H31NO9S/c1-26-15(20)8-7-14-6-4-5-11-18(14,12-9-16(21)27-2)19(29(23,24)25)13-10-17(22)28-3/h14H,4-13H2,1-3H3,(H,23,24,25). The molecule has 1 fully saturated rings. The maximum absolute atomic E-state index is 12.3. The van der Waals surface area contributed by atoms with Gasteiger partial charge in [0.2, 0.25) is 0 Å². The predicted molar refractivity (Wildman–Crippen MR) is 102 cm³/mol. The highest BCUT2D eigenvalue weighted by Gasteiger charge is 2.49. The maximum Gasteiger partial charge on any atom is 0.336 e. The summed E-state index contributed by atoms with van der Waals surface area (Å²) >= 11 is 0. The Kier molecular flexibility index (Phi) is 10.0. The van der Waals surface area contributed by atoms with Gasteiger partial charge in [-0.2, -0.15) is 12.7 Å². The van der Waals surface area contributed by atoms with Gasteiger partial charge in [-0.3, -0.25) is 18.9 Å². The van der Waals surface area contributed by atoms with Crippen molar-refractivity contribution >= 4 is 28.2 Å². The zero-order valence-electron chi connectivity index (χ0n) is 17.2. The van der Waals surface area contributed by atoms with Crippen LogP contribution in [0.2, 0.25) is 0 Å². The Hall–Kier alpha value is -1.72. The Labute approximate surface area is 171 Å². The Morgan fingerprint density at radius 3 is 2.07 bits per heavy atom. The van der Waals surface area contributed by atoms with E-state index < -0.39 is 33.8 Å². The molecule has 2 atom stereocenters. The summed E-state index contributed by atoms with van der Waals surface area (Å²) in [5.74, 6) is -1.86. The van der Waals surface area contributed by atoms with E-state index in [0.29, 0.717) is 25.7 Å². The molecule has 0 heterocycles. The Morgan fingerprint density at radius 1 is 0.966 bits per heavy atom. The van der Waals surface area contributed by atoms with E-state index in [2.05, 4.69) is 4.74 Å². The van der Waals surface area contributed by atoms with Crippen LogP contribution in [-0.2, 0) is 38.9 Å². The maximum atomic E-state index is 12.3. The van der Waals surface area contributed by atoms with Crippen molar-refractivity contribution in [3.8, 4) is 0 Å². The first-order valence-electron chi connectivity index (χ1n) is 9.56. The molecule has 1 N–H and O–H groups in total. The molecule has 0 aliphatic heterocycles. The minimum atomic E-state index is -4.70. The molecule has 0 radical (unpaired) electrons. The van der Waals surface area contributed by atoms with E-state index in [-0.39, 0.29) is 38.1 Å². The zero-order valence-corrected chi connectivity index (χ0v) is 18.0. The third-order valence-electron chi connectivity index (χ3n) is 5.61. The van der Waals surface area contributed by atoms with Gasteiger partial charge in [0.1, 0.15) is 0 Å². The van der Waals surface area contributed by atoms with Crippen molar-refractivity contribution in [2.24, 2.45) is 5.92 Å². The monoisotopic (exact) mass is 437 g/mol. The van der Waals surface area contributed by atoms with Gasteiger partial charge in [0.15, 0.2) is 0 Å². The first kappa shape index (κ1) is 25.3. The van der Waals surface area contributed by atoms with Crippen molar-refractivity contribution in [3.63, 3.8) is 0 Å². The van der Waals surface area contributed by atoms with Crippen LogP contribution in [0.3, 0.4) is 0 Å². The second-order valence-electron chi connectivity index (χ2n) is 7.11. The Morgan fingerprint density at radius 2 is 1.52 bits per heavy atom. The fourth-order valence-electron chi connectivity index (χ4n) is 4.17. The summed E-state index contributed by atoms with van der Waals surface area (Å²) in [6, 6.07) is 0. The van der Waals surface area contributed by atoms with Gasteiger partial charge >= 0.3 is 28.2 Å². The summed E-state index contributed by atoms with van der Waals surface area (Å²) in [7, 11) is -1.00. The summed E-state index contributed by atoms with van der Waals surface area (Å²) in [4.78, 5) is 35.1. The van der Waals surface area contributed by atoms with Crippen molar-refractivity contribution in [2.75, 3.05) is 27.9 Å². The topological polar surface area (TPSA) is 137 Å². The molecule has 0 saturated heterocycles. The van der Waals surface area contributed by atoms with Gasteiger partial charge in [-0.05, 0) is 31.6 Å². The average molecular weight is 438 g/mol. The van der Waals surface area contributed by atoms with E-state index in [1.54, 1.807) is 0 Å². The number of nitrogens with zero attached hydrogens (tertiary/aromatic N) is 1. The van der Waals surface area contributed by atoms with Crippen molar-refractivity contribution in [1.82, 2.24) is 4.31 Å². The molecule has 11 heteroatoms. The van der Waals surface area contributed by atoms with Crippen LogP contribution in [0.1, 0.15) is 57.8 Å². The van der Waals surface area contributed by atoms with Gasteiger partial charge in [-0.15, -0.1) is 0 Å². The number of methoxy groups -OCH3 is 3. The predicted octanol–water partition coefficient (Wildman–Crippen LogP) is 1.49. The molecule has 0 bridgehead atoms. The molecular formula is C18H31NO9S. The van der Waals surface area contributed by atoms with Crippen LogP contribution in [0.15, 0.2) is 0 Å². The smallest absolute Gasteiger partial charge is 0.336 e. The minimum absolute atomic E-state index is 0.0601. The molecule has 0 aromatic rings. The van der Waals surface area contributed by atoms with Crippen LogP contribution < -0.4 is 0 Å². The molecular weight excluding hydrogens is 406 g/mol. The number of carbonyl (C=O) groups is 3. The van der Waals surface area contributed by atoms with E-state index in [0.717, 1.165) is 10.7 Å². The molecule has 10 nitrogen and oxygen atoms in total. The number of carbonyl (C=O) groups excluding carboxylic acids is 3. The zero-order chi connectivity index (χ0) is 22.1. The molecule has 168 valence electrons. The lowest BCUT2D eigenvalue weighted by molar-refractivity contribution is -0.144. The highest BCUT2D eigenvalue weighted by Crippen LogP contribution is 2.45. The van der Waals surface area contributed by atoms with E-state index >= 15 is 0 Å². The van der Waals surface area contributed by atoms with Crippen LogP contribution in [0.5, 0.6) is 0 Å². The lowest BCUT2D eigenvalue weighted by Crippen LogP contribution is -2.58. The molecule has 2 unspecified atom stereocenters. The van der Waals surface area contributed by atoms with Crippen molar-refractivity contribution in [3.05, 3.63) is 0 Å². The van der Waals surface area contributed by atoms with Gasteiger partial charge in [0.05, 0.1) is 27.8 Å². The number of hydrogen-bond donors (Lipinski definition) is 1. The molecule has 0 spiro atoms. The number of hydrogen-bond acceptors (Lipinski definition) is 8. The van der Waals surface area contributed by atoms with Gasteiger partial charge in [0, 0.05) is 24.9 Å². The normalized spacial score (nSPS) is 22.2. The molecule has 0 aromatic carbocycles. The van der Waals surface area contributed by atoms with Crippen LogP contribution in [0, 0.1) is 5.92 Å². The third kappa shape index (κ3) is 7.23. The largest absolute Gasteiger partial charge is 0.469 e.